The molecule has 2 rings (SSSR count). The normalized spacial score (nSPS) is 24.1. The maximum absolute atomic E-state index is 4.04. The Labute approximate surface area is 117 Å². The zero-order chi connectivity index (χ0) is 13.7. The Kier molecular flexibility index (Phi) is 5.37. The fourth-order valence-corrected chi connectivity index (χ4v) is 3.01. The largest absolute Gasteiger partial charge is 0.472 e. The smallest absolute Gasteiger partial charge is 0.0914 e. The Morgan fingerprint density at radius 2 is 2.16 bits per heavy atom. The molecule has 3 heteroatoms. The lowest BCUT2D eigenvalue weighted by molar-refractivity contribution is -0.648. The predicted octanol–water partition coefficient (Wildman–Crippen LogP) is 1.01. The first kappa shape index (κ1) is 14.5. The average Bonchev–Trinajstić information content (AvgIpc) is 2.43. The second kappa shape index (κ2) is 7.04. The van der Waals surface area contributed by atoms with E-state index in [1.165, 1.54) is 5.56 Å². The van der Waals surface area contributed by atoms with Crippen LogP contribution in [0.2, 0.25) is 0 Å². The van der Waals surface area contributed by atoms with Crippen LogP contribution in [0.1, 0.15) is 25.5 Å². The lowest BCUT2D eigenvalue weighted by Gasteiger charge is -2.37. The molecule has 0 aromatic heterocycles. The van der Waals surface area contributed by atoms with Crippen molar-refractivity contribution in [1.29, 1.82) is 0 Å². The van der Waals surface area contributed by atoms with E-state index in [4.69, 9.17) is 0 Å². The van der Waals surface area contributed by atoms with Crippen LogP contribution in [0.15, 0.2) is 30.3 Å². The molecule has 1 heterocycles. The second-order valence-corrected chi connectivity index (χ2v) is 5.70. The highest BCUT2D eigenvalue weighted by Gasteiger charge is 2.25. The Morgan fingerprint density at radius 1 is 1.42 bits per heavy atom. The van der Waals surface area contributed by atoms with Gasteiger partial charge in [-0.1, -0.05) is 37.3 Å². The third kappa shape index (κ3) is 3.78. The highest BCUT2D eigenvalue weighted by atomic mass is 15.2. The molecule has 0 radical (unpaired) electrons. The van der Waals surface area contributed by atoms with Gasteiger partial charge in [-0.3, -0.25) is 4.90 Å². The number of nitrogens with zero attached hydrogens (tertiary/aromatic N) is 1. The number of nitrogens with one attached hydrogen (secondary N) is 1. The zero-order valence-electron chi connectivity index (χ0n) is 12.2. The molecule has 0 aliphatic carbocycles. The van der Waals surface area contributed by atoms with Crippen LogP contribution >= 0.6 is 0 Å². The van der Waals surface area contributed by atoms with E-state index in [9.17, 15) is 0 Å². The topological polar surface area (TPSA) is 31.9 Å². The molecule has 1 aliphatic heterocycles. The van der Waals surface area contributed by atoms with Crippen molar-refractivity contribution in [1.82, 2.24) is 10.2 Å². The summed E-state index contributed by atoms with van der Waals surface area (Å²) in [5.74, 6) is 0.598. The third-order valence-corrected chi connectivity index (χ3v) is 4.21. The van der Waals surface area contributed by atoms with Crippen molar-refractivity contribution in [3.63, 3.8) is 0 Å². The maximum Gasteiger partial charge on any atom is 0.0914 e. The van der Waals surface area contributed by atoms with Crippen LogP contribution in [0.3, 0.4) is 0 Å². The van der Waals surface area contributed by atoms with Crippen LogP contribution in [0.4, 0.5) is 0 Å². The third-order valence-electron chi connectivity index (χ3n) is 4.21. The summed E-state index contributed by atoms with van der Waals surface area (Å²) in [6.07, 6.45) is 0. The van der Waals surface area contributed by atoms with Crippen molar-refractivity contribution in [3.05, 3.63) is 42.9 Å². The van der Waals surface area contributed by atoms with Gasteiger partial charge in [0.05, 0.1) is 6.04 Å². The number of nitrogens with two attached hydrogens (primary N) is 1. The van der Waals surface area contributed by atoms with Crippen molar-refractivity contribution in [2.24, 2.45) is 5.92 Å². The van der Waals surface area contributed by atoms with Crippen LogP contribution in [0, 0.1) is 13.0 Å². The molecule has 3 N–H and O–H groups in total. The summed E-state index contributed by atoms with van der Waals surface area (Å²) < 4.78 is 0. The van der Waals surface area contributed by atoms with E-state index in [0.717, 1.165) is 26.2 Å². The first-order valence-electron chi connectivity index (χ1n) is 7.34. The number of hydrogen-bond acceptors (Lipinski definition) is 2. The molecule has 1 aromatic carbocycles. The molecule has 19 heavy (non-hydrogen) atoms. The highest BCUT2D eigenvalue weighted by Crippen LogP contribution is 2.20. The molecule has 1 aromatic rings. The van der Waals surface area contributed by atoms with E-state index in [2.05, 4.69) is 66.8 Å². The van der Waals surface area contributed by atoms with Crippen molar-refractivity contribution < 1.29 is 5.32 Å². The van der Waals surface area contributed by atoms with Gasteiger partial charge in [0.2, 0.25) is 0 Å². The molecule has 106 valence electrons. The molecule has 0 bridgehead atoms. The van der Waals surface area contributed by atoms with Gasteiger partial charge in [-0.2, -0.15) is 7.05 Å². The molecule has 3 atom stereocenters. The summed E-state index contributed by atoms with van der Waals surface area (Å²) in [5, 5.41) is 5.55. The summed E-state index contributed by atoms with van der Waals surface area (Å²) in [5.41, 5.74) is 1.38. The minimum atomic E-state index is 0.447. The molecule has 1 fully saturated rings. The molecule has 0 unspecified atom stereocenters. The van der Waals surface area contributed by atoms with Gasteiger partial charge < -0.3 is 10.6 Å². The summed E-state index contributed by atoms with van der Waals surface area (Å²) >= 11 is 0. The van der Waals surface area contributed by atoms with Gasteiger partial charge in [-0.05, 0) is 6.92 Å². The number of quaternary nitrogens is 1. The lowest BCUT2D eigenvalue weighted by Crippen LogP contribution is -2.80. The van der Waals surface area contributed by atoms with E-state index < -0.39 is 0 Å². The van der Waals surface area contributed by atoms with Gasteiger partial charge in [0.25, 0.3) is 0 Å². The van der Waals surface area contributed by atoms with Gasteiger partial charge in [-0.25, -0.2) is 0 Å². The van der Waals surface area contributed by atoms with E-state index in [0.29, 0.717) is 18.0 Å². The maximum atomic E-state index is 4.04. The van der Waals surface area contributed by atoms with Crippen molar-refractivity contribution in [2.45, 2.75) is 25.9 Å². The Morgan fingerprint density at radius 3 is 2.79 bits per heavy atom. The van der Waals surface area contributed by atoms with Gasteiger partial charge in [0, 0.05) is 43.7 Å². The van der Waals surface area contributed by atoms with Gasteiger partial charge in [0.1, 0.15) is 0 Å². The number of benzene rings is 1. The highest BCUT2D eigenvalue weighted by molar-refractivity contribution is 5.17. The average molecular weight is 261 g/mol. The molecule has 0 saturated carbocycles. The van der Waals surface area contributed by atoms with Crippen LogP contribution in [-0.4, -0.2) is 37.1 Å². The minimum Gasteiger partial charge on any atom is -0.472 e. The van der Waals surface area contributed by atoms with Crippen molar-refractivity contribution in [3.8, 4) is 0 Å². The molecule has 0 amide bonds. The molecule has 1 saturated heterocycles. The minimum absolute atomic E-state index is 0.447. The van der Waals surface area contributed by atoms with Gasteiger partial charge >= 0.3 is 0 Å². The van der Waals surface area contributed by atoms with Crippen LogP contribution in [0.25, 0.3) is 0 Å². The van der Waals surface area contributed by atoms with Crippen molar-refractivity contribution >= 4 is 0 Å². The van der Waals surface area contributed by atoms with E-state index in [1.54, 1.807) is 0 Å². The van der Waals surface area contributed by atoms with Crippen LogP contribution < -0.4 is 10.6 Å². The molecule has 3 nitrogen and oxygen atoms in total. The van der Waals surface area contributed by atoms with Crippen LogP contribution in [-0.2, 0) is 0 Å². The van der Waals surface area contributed by atoms with E-state index >= 15 is 0 Å². The monoisotopic (exact) mass is 261 g/mol. The first-order valence-corrected chi connectivity index (χ1v) is 7.34. The fourth-order valence-electron chi connectivity index (χ4n) is 3.01. The van der Waals surface area contributed by atoms with Gasteiger partial charge in [0.15, 0.2) is 0 Å². The molecule has 1 aliphatic rings. The van der Waals surface area contributed by atoms with E-state index in [-0.39, 0.29) is 0 Å². The quantitative estimate of drug-likeness (QED) is 0.775. The Bertz CT molecular complexity index is 366. The standard InChI is InChI=1S/C16H27N3/c1-13(12-19-10-9-18-11-14(19)2)16(17-3)15-7-5-4-6-8-15/h4-8,13-14,16,18H,3,9-12,17H2,1-2H3/t13-,14+,16+/m0/s1. The molecule has 0 spiro atoms. The number of hydrogen-bond donors (Lipinski definition) is 2. The predicted molar refractivity (Wildman–Crippen MR) is 79.5 cm³/mol. The number of rotatable bonds is 5. The SMILES string of the molecule is [CH2-][NH2+][C@@H](c1ccccc1)[C@@H](C)CN1CCNC[C@H]1C. The first-order chi connectivity index (χ1) is 9.22. The molecular weight excluding hydrogens is 234 g/mol. The lowest BCUT2D eigenvalue weighted by atomic mass is 9.93. The van der Waals surface area contributed by atoms with Gasteiger partial charge in [-0.15, -0.1) is 0 Å². The Balaban J connectivity index is 1.98. The summed E-state index contributed by atoms with van der Waals surface area (Å²) in [6.45, 7) is 9.18. The van der Waals surface area contributed by atoms with Crippen LogP contribution in [0.5, 0.6) is 0 Å². The summed E-state index contributed by atoms with van der Waals surface area (Å²) in [4.78, 5) is 2.60. The molecular formula is C16H27N3. The fraction of sp³-hybridized carbons (Fsp3) is 0.562. The second-order valence-electron chi connectivity index (χ2n) is 5.70. The van der Waals surface area contributed by atoms with Crippen molar-refractivity contribution in [2.75, 3.05) is 26.2 Å². The summed E-state index contributed by atoms with van der Waals surface area (Å²) in [7, 11) is 4.04. The number of piperazine rings is 1. The summed E-state index contributed by atoms with van der Waals surface area (Å²) in [6, 6.07) is 11.8. The zero-order valence-corrected chi connectivity index (χ0v) is 12.2. The van der Waals surface area contributed by atoms with E-state index in [1.807, 2.05) is 0 Å². The Hall–Kier alpha value is -0.900.